The number of carbonyl (C=O) groups is 1. The molecule has 0 bridgehead atoms. The monoisotopic (exact) mass is 253 g/mol. The number of aliphatic carboxylic acids is 1. The number of anilines is 1. The maximum atomic E-state index is 10.6. The molecule has 0 amide bonds. The number of ether oxygens (including phenoxy) is 2. The van der Waals surface area contributed by atoms with Crippen molar-refractivity contribution in [1.29, 1.82) is 0 Å². The Labute approximate surface area is 107 Å². The van der Waals surface area contributed by atoms with Crippen LogP contribution in [0.25, 0.3) is 0 Å². The first-order valence-electron chi connectivity index (χ1n) is 5.81. The van der Waals surface area contributed by atoms with E-state index in [9.17, 15) is 4.79 Å². The van der Waals surface area contributed by atoms with Crippen LogP contribution in [-0.2, 0) is 4.79 Å². The summed E-state index contributed by atoms with van der Waals surface area (Å²) in [5.74, 6) is 0.508. The van der Waals surface area contributed by atoms with Crippen molar-refractivity contribution in [2.45, 2.75) is 13.3 Å². The van der Waals surface area contributed by atoms with Crippen molar-refractivity contribution >= 4 is 11.7 Å². The molecule has 0 saturated heterocycles. The number of methoxy groups -OCH3 is 2. The molecule has 0 spiro atoms. The number of nitrogens with zero attached hydrogens (tertiary/aromatic N) is 1. The van der Waals surface area contributed by atoms with E-state index < -0.39 is 5.97 Å². The van der Waals surface area contributed by atoms with Gasteiger partial charge in [0.2, 0.25) is 0 Å². The third kappa shape index (κ3) is 3.55. The molecular weight excluding hydrogens is 234 g/mol. The van der Waals surface area contributed by atoms with Crippen LogP contribution in [0.15, 0.2) is 18.2 Å². The molecule has 18 heavy (non-hydrogen) atoms. The van der Waals surface area contributed by atoms with Crippen molar-refractivity contribution in [2.75, 3.05) is 32.2 Å². The Bertz CT molecular complexity index is 406. The van der Waals surface area contributed by atoms with E-state index in [1.54, 1.807) is 14.2 Å². The standard InChI is InChI=1S/C13H19NO4/c1-4-14(8-7-13(15)16)10-5-6-11(17-2)12(9-10)18-3/h5-6,9H,4,7-8H2,1-3H3,(H,15,16). The lowest BCUT2D eigenvalue weighted by Crippen LogP contribution is -2.25. The zero-order valence-corrected chi connectivity index (χ0v) is 11.0. The number of rotatable bonds is 7. The fraction of sp³-hybridized carbons (Fsp3) is 0.462. The van der Waals surface area contributed by atoms with E-state index in [1.165, 1.54) is 0 Å². The lowest BCUT2D eigenvalue weighted by atomic mass is 10.2. The van der Waals surface area contributed by atoms with Gasteiger partial charge in [-0.15, -0.1) is 0 Å². The maximum Gasteiger partial charge on any atom is 0.305 e. The van der Waals surface area contributed by atoms with Crippen molar-refractivity contribution in [3.63, 3.8) is 0 Å². The van der Waals surface area contributed by atoms with Crippen molar-refractivity contribution in [3.8, 4) is 11.5 Å². The number of hydrogen-bond donors (Lipinski definition) is 1. The molecule has 0 aromatic heterocycles. The lowest BCUT2D eigenvalue weighted by molar-refractivity contribution is -0.136. The van der Waals surface area contributed by atoms with E-state index in [0.717, 1.165) is 12.2 Å². The Hall–Kier alpha value is -1.91. The molecule has 100 valence electrons. The highest BCUT2D eigenvalue weighted by Gasteiger charge is 2.10. The summed E-state index contributed by atoms with van der Waals surface area (Å²) in [7, 11) is 3.16. The van der Waals surface area contributed by atoms with Crippen molar-refractivity contribution in [2.24, 2.45) is 0 Å². The molecule has 0 aliphatic carbocycles. The van der Waals surface area contributed by atoms with Gasteiger partial charge in [-0.1, -0.05) is 0 Å². The zero-order valence-electron chi connectivity index (χ0n) is 11.0. The Kier molecular flexibility index (Phi) is 5.30. The van der Waals surface area contributed by atoms with Gasteiger partial charge in [-0.3, -0.25) is 4.79 Å². The normalized spacial score (nSPS) is 9.94. The summed E-state index contributed by atoms with van der Waals surface area (Å²) in [6.07, 6.45) is 0.113. The number of carboxylic acids is 1. The molecule has 1 aromatic rings. The zero-order chi connectivity index (χ0) is 13.5. The highest BCUT2D eigenvalue weighted by Crippen LogP contribution is 2.31. The van der Waals surface area contributed by atoms with Gasteiger partial charge in [0.05, 0.1) is 20.6 Å². The minimum absolute atomic E-state index is 0.113. The third-order valence-electron chi connectivity index (χ3n) is 2.71. The van der Waals surface area contributed by atoms with Gasteiger partial charge in [0.25, 0.3) is 0 Å². The first kappa shape index (κ1) is 14.2. The third-order valence-corrected chi connectivity index (χ3v) is 2.71. The van der Waals surface area contributed by atoms with Crippen LogP contribution >= 0.6 is 0 Å². The molecule has 0 radical (unpaired) electrons. The summed E-state index contributed by atoms with van der Waals surface area (Å²) < 4.78 is 10.4. The molecule has 1 aromatic carbocycles. The molecule has 0 saturated carbocycles. The van der Waals surface area contributed by atoms with E-state index >= 15 is 0 Å². The number of hydrogen-bond acceptors (Lipinski definition) is 4. The van der Waals surface area contributed by atoms with Gasteiger partial charge >= 0.3 is 5.97 Å². The number of benzene rings is 1. The molecule has 5 heteroatoms. The van der Waals surface area contributed by atoms with Crippen LogP contribution < -0.4 is 14.4 Å². The summed E-state index contributed by atoms with van der Waals surface area (Å²) in [6.45, 7) is 3.20. The van der Waals surface area contributed by atoms with Gasteiger partial charge in [0.15, 0.2) is 11.5 Å². The van der Waals surface area contributed by atoms with Crippen LogP contribution in [-0.4, -0.2) is 38.4 Å². The molecule has 1 N–H and O–H groups in total. The van der Waals surface area contributed by atoms with Gasteiger partial charge in [-0.25, -0.2) is 0 Å². The first-order chi connectivity index (χ1) is 8.62. The minimum atomic E-state index is -0.797. The fourth-order valence-electron chi connectivity index (χ4n) is 1.72. The first-order valence-corrected chi connectivity index (χ1v) is 5.81. The van der Waals surface area contributed by atoms with E-state index in [4.69, 9.17) is 14.6 Å². The van der Waals surface area contributed by atoms with E-state index in [2.05, 4.69) is 0 Å². The molecule has 0 fully saturated rings. The molecule has 0 unspecified atom stereocenters. The topological polar surface area (TPSA) is 59.0 Å². The second-order valence-corrected chi connectivity index (χ2v) is 3.76. The minimum Gasteiger partial charge on any atom is -0.493 e. The molecule has 1 rings (SSSR count). The number of carboxylic acid groups (broad SMARTS) is 1. The van der Waals surface area contributed by atoms with Gasteiger partial charge in [0, 0.05) is 24.8 Å². The van der Waals surface area contributed by atoms with Gasteiger partial charge in [-0.05, 0) is 19.1 Å². The van der Waals surface area contributed by atoms with Gasteiger partial charge in [0.1, 0.15) is 0 Å². The average molecular weight is 253 g/mol. The Morgan fingerprint density at radius 1 is 1.28 bits per heavy atom. The van der Waals surface area contributed by atoms with Crippen molar-refractivity contribution in [3.05, 3.63) is 18.2 Å². The van der Waals surface area contributed by atoms with Crippen LogP contribution in [0, 0.1) is 0 Å². The molecule has 5 nitrogen and oxygen atoms in total. The summed E-state index contributed by atoms with van der Waals surface area (Å²) in [6, 6.07) is 5.56. The summed E-state index contributed by atoms with van der Waals surface area (Å²) in [5.41, 5.74) is 0.927. The predicted octanol–water partition coefficient (Wildman–Crippen LogP) is 2.00. The largest absolute Gasteiger partial charge is 0.493 e. The molecule has 0 aliphatic heterocycles. The summed E-state index contributed by atoms with van der Waals surface area (Å²) in [5, 5.41) is 8.72. The quantitative estimate of drug-likeness (QED) is 0.805. The SMILES string of the molecule is CCN(CCC(=O)O)c1ccc(OC)c(OC)c1. The Balaban J connectivity index is 2.88. The van der Waals surface area contributed by atoms with Crippen molar-refractivity contribution < 1.29 is 19.4 Å². The molecule has 0 heterocycles. The van der Waals surface area contributed by atoms with Gasteiger partial charge in [-0.2, -0.15) is 0 Å². The van der Waals surface area contributed by atoms with Crippen LogP contribution in [0.1, 0.15) is 13.3 Å². The van der Waals surface area contributed by atoms with Crippen LogP contribution in [0.4, 0.5) is 5.69 Å². The maximum absolute atomic E-state index is 10.6. The van der Waals surface area contributed by atoms with Crippen LogP contribution in [0.5, 0.6) is 11.5 Å². The predicted molar refractivity (Wildman–Crippen MR) is 69.7 cm³/mol. The smallest absolute Gasteiger partial charge is 0.305 e. The van der Waals surface area contributed by atoms with Crippen LogP contribution in [0.2, 0.25) is 0 Å². The molecular formula is C13H19NO4. The van der Waals surface area contributed by atoms with Gasteiger partial charge < -0.3 is 19.5 Å². The van der Waals surface area contributed by atoms with E-state index in [0.29, 0.717) is 18.0 Å². The van der Waals surface area contributed by atoms with Crippen molar-refractivity contribution in [1.82, 2.24) is 0 Å². The van der Waals surface area contributed by atoms with Crippen LogP contribution in [0.3, 0.4) is 0 Å². The summed E-state index contributed by atoms with van der Waals surface area (Å²) in [4.78, 5) is 12.6. The second-order valence-electron chi connectivity index (χ2n) is 3.76. The molecule has 0 atom stereocenters. The second kappa shape index (κ2) is 6.74. The lowest BCUT2D eigenvalue weighted by Gasteiger charge is -2.23. The highest BCUT2D eigenvalue weighted by molar-refractivity contribution is 5.68. The van der Waals surface area contributed by atoms with E-state index in [1.807, 2.05) is 30.0 Å². The molecule has 0 aliphatic rings. The fourth-order valence-corrected chi connectivity index (χ4v) is 1.72. The summed E-state index contributed by atoms with van der Waals surface area (Å²) >= 11 is 0. The Morgan fingerprint density at radius 3 is 2.44 bits per heavy atom. The average Bonchev–Trinajstić information content (AvgIpc) is 2.38. The highest BCUT2D eigenvalue weighted by atomic mass is 16.5. The Morgan fingerprint density at radius 2 is 1.94 bits per heavy atom. The van der Waals surface area contributed by atoms with E-state index in [-0.39, 0.29) is 6.42 Å².